The Bertz CT molecular complexity index is 1100. The summed E-state index contributed by atoms with van der Waals surface area (Å²) in [5.41, 5.74) is 2.48. The maximum atomic E-state index is 12.2. The van der Waals surface area contributed by atoms with Gasteiger partial charge in [-0.25, -0.2) is 8.42 Å². The fraction of sp³-hybridized carbons (Fsp3) is 0.136. The molecule has 1 N–H and O–H groups in total. The quantitative estimate of drug-likeness (QED) is 0.606. The van der Waals surface area contributed by atoms with Crippen LogP contribution >= 0.6 is 11.6 Å². The van der Waals surface area contributed by atoms with E-state index in [2.05, 4.69) is 5.32 Å². The molecule has 0 bridgehead atoms. The van der Waals surface area contributed by atoms with E-state index in [0.29, 0.717) is 22.9 Å². The number of rotatable bonds is 7. The number of ether oxygens (including phenoxy) is 1. The van der Waals surface area contributed by atoms with Crippen LogP contribution in [0.4, 0.5) is 5.69 Å². The summed E-state index contributed by atoms with van der Waals surface area (Å²) in [6.45, 7) is -0.183. The van der Waals surface area contributed by atoms with E-state index in [1.165, 1.54) is 24.3 Å². The van der Waals surface area contributed by atoms with Crippen molar-refractivity contribution in [1.29, 1.82) is 0 Å². The number of carbonyl (C=O) groups is 1. The lowest BCUT2D eigenvalue weighted by molar-refractivity contribution is -0.118. The molecule has 29 heavy (non-hydrogen) atoms. The SMILES string of the molecule is CS(=O)(=O)c1ccc(NC(=O)COc2ccc(Cl)cc2Cc2ccccc2)cc1. The van der Waals surface area contributed by atoms with E-state index in [1.807, 2.05) is 36.4 Å². The first-order chi connectivity index (χ1) is 13.8. The smallest absolute Gasteiger partial charge is 0.262 e. The van der Waals surface area contributed by atoms with Gasteiger partial charge in [-0.2, -0.15) is 0 Å². The minimum atomic E-state index is -3.28. The Kier molecular flexibility index (Phi) is 6.56. The molecule has 0 aliphatic rings. The van der Waals surface area contributed by atoms with E-state index >= 15 is 0 Å². The Balaban J connectivity index is 1.64. The molecule has 0 spiro atoms. The summed E-state index contributed by atoms with van der Waals surface area (Å²) < 4.78 is 28.7. The number of anilines is 1. The topological polar surface area (TPSA) is 72.5 Å². The van der Waals surface area contributed by atoms with Crippen molar-refractivity contribution in [1.82, 2.24) is 0 Å². The summed E-state index contributed by atoms with van der Waals surface area (Å²) in [7, 11) is -3.28. The Hall–Kier alpha value is -2.83. The molecule has 1 amide bonds. The first kappa shape index (κ1) is 20.9. The van der Waals surface area contributed by atoms with Gasteiger partial charge in [0.2, 0.25) is 0 Å². The Morgan fingerprint density at radius 2 is 1.69 bits per heavy atom. The molecule has 0 saturated carbocycles. The molecule has 0 fully saturated rings. The van der Waals surface area contributed by atoms with Gasteiger partial charge in [0.1, 0.15) is 5.75 Å². The number of amides is 1. The Morgan fingerprint density at radius 1 is 1.00 bits per heavy atom. The molecule has 3 aromatic carbocycles. The first-order valence-electron chi connectivity index (χ1n) is 8.86. The second-order valence-corrected chi connectivity index (χ2v) is 9.00. The van der Waals surface area contributed by atoms with Crippen molar-refractivity contribution < 1.29 is 17.9 Å². The van der Waals surface area contributed by atoms with Crippen LogP contribution in [0.1, 0.15) is 11.1 Å². The van der Waals surface area contributed by atoms with Crippen molar-refractivity contribution in [3.8, 4) is 5.75 Å². The number of halogens is 1. The average molecular weight is 430 g/mol. The molecule has 0 aliphatic carbocycles. The van der Waals surface area contributed by atoms with E-state index < -0.39 is 9.84 Å². The van der Waals surface area contributed by atoms with Crippen LogP contribution in [0.3, 0.4) is 0 Å². The summed E-state index contributed by atoms with van der Waals surface area (Å²) in [4.78, 5) is 12.4. The van der Waals surface area contributed by atoms with Gasteiger partial charge in [0.15, 0.2) is 16.4 Å². The molecule has 3 aromatic rings. The second-order valence-electron chi connectivity index (χ2n) is 6.55. The third-order valence-corrected chi connectivity index (χ3v) is 5.55. The maximum Gasteiger partial charge on any atom is 0.262 e. The summed E-state index contributed by atoms with van der Waals surface area (Å²) >= 11 is 6.12. The van der Waals surface area contributed by atoms with Gasteiger partial charge >= 0.3 is 0 Å². The van der Waals surface area contributed by atoms with Crippen molar-refractivity contribution in [2.75, 3.05) is 18.2 Å². The number of hydrogen-bond donors (Lipinski definition) is 1. The van der Waals surface area contributed by atoms with E-state index in [0.717, 1.165) is 17.4 Å². The highest BCUT2D eigenvalue weighted by atomic mass is 35.5. The molecular formula is C22H20ClNO4S. The molecule has 0 radical (unpaired) electrons. The van der Waals surface area contributed by atoms with Gasteiger partial charge in [-0.15, -0.1) is 0 Å². The fourth-order valence-corrected chi connectivity index (χ4v) is 3.59. The summed E-state index contributed by atoms with van der Waals surface area (Å²) in [6.07, 6.45) is 1.76. The van der Waals surface area contributed by atoms with Crippen LogP contribution in [-0.4, -0.2) is 27.2 Å². The molecule has 0 saturated heterocycles. The van der Waals surface area contributed by atoms with Gasteiger partial charge in [0.25, 0.3) is 5.91 Å². The molecule has 0 aromatic heterocycles. The highest BCUT2D eigenvalue weighted by molar-refractivity contribution is 7.90. The van der Waals surface area contributed by atoms with E-state index in [1.54, 1.807) is 12.1 Å². The van der Waals surface area contributed by atoms with E-state index in [4.69, 9.17) is 16.3 Å². The largest absolute Gasteiger partial charge is 0.483 e. The van der Waals surface area contributed by atoms with Crippen molar-refractivity contribution in [3.05, 3.63) is 88.9 Å². The maximum absolute atomic E-state index is 12.2. The molecule has 3 rings (SSSR count). The van der Waals surface area contributed by atoms with E-state index in [-0.39, 0.29) is 17.4 Å². The van der Waals surface area contributed by atoms with Crippen LogP contribution in [0.25, 0.3) is 0 Å². The zero-order valence-electron chi connectivity index (χ0n) is 15.8. The molecule has 0 aliphatic heterocycles. The predicted molar refractivity (Wildman–Crippen MR) is 114 cm³/mol. The first-order valence-corrected chi connectivity index (χ1v) is 11.1. The number of sulfone groups is 1. The highest BCUT2D eigenvalue weighted by Gasteiger charge is 2.10. The van der Waals surface area contributed by atoms with E-state index in [9.17, 15) is 13.2 Å². The average Bonchev–Trinajstić information content (AvgIpc) is 2.68. The van der Waals surface area contributed by atoms with Crippen molar-refractivity contribution >= 4 is 33.0 Å². The van der Waals surface area contributed by atoms with Gasteiger partial charge in [-0.05, 0) is 53.6 Å². The molecule has 0 heterocycles. The molecule has 150 valence electrons. The summed E-state index contributed by atoms with van der Waals surface area (Å²) in [5, 5.41) is 3.28. The summed E-state index contributed by atoms with van der Waals surface area (Å²) in [6, 6.07) is 21.2. The van der Waals surface area contributed by atoms with Gasteiger partial charge in [0.05, 0.1) is 4.90 Å². The normalized spacial score (nSPS) is 11.1. The lowest BCUT2D eigenvalue weighted by Gasteiger charge is -2.12. The van der Waals surface area contributed by atoms with Gasteiger partial charge in [0, 0.05) is 23.4 Å². The van der Waals surface area contributed by atoms with Crippen LogP contribution in [0.15, 0.2) is 77.7 Å². The molecule has 0 atom stereocenters. The second kappa shape index (κ2) is 9.11. The van der Waals surface area contributed by atoms with Crippen LogP contribution in [0, 0.1) is 0 Å². The van der Waals surface area contributed by atoms with Crippen LogP contribution in [0.2, 0.25) is 5.02 Å². The molecule has 7 heteroatoms. The van der Waals surface area contributed by atoms with Crippen LogP contribution in [-0.2, 0) is 21.1 Å². The third kappa shape index (κ3) is 6.07. The fourth-order valence-electron chi connectivity index (χ4n) is 2.77. The van der Waals surface area contributed by atoms with Crippen molar-refractivity contribution in [3.63, 3.8) is 0 Å². The number of nitrogens with one attached hydrogen (secondary N) is 1. The lowest BCUT2D eigenvalue weighted by atomic mass is 10.0. The zero-order valence-corrected chi connectivity index (χ0v) is 17.3. The zero-order chi connectivity index (χ0) is 20.9. The van der Waals surface area contributed by atoms with Gasteiger partial charge in [-0.1, -0.05) is 41.9 Å². The minimum Gasteiger partial charge on any atom is -0.483 e. The molecular weight excluding hydrogens is 410 g/mol. The number of benzene rings is 3. The number of hydrogen-bond acceptors (Lipinski definition) is 4. The number of carbonyl (C=O) groups excluding carboxylic acids is 1. The summed E-state index contributed by atoms with van der Waals surface area (Å²) in [5.74, 6) is 0.235. The Morgan fingerprint density at radius 3 is 2.34 bits per heavy atom. The van der Waals surface area contributed by atoms with Crippen LogP contribution < -0.4 is 10.1 Å². The molecule has 5 nitrogen and oxygen atoms in total. The predicted octanol–water partition coefficient (Wildman–Crippen LogP) is 4.35. The van der Waals surface area contributed by atoms with Gasteiger partial charge in [-0.3, -0.25) is 4.79 Å². The molecule has 0 unspecified atom stereocenters. The lowest BCUT2D eigenvalue weighted by Crippen LogP contribution is -2.20. The monoisotopic (exact) mass is 429 g/mol. The minimum absolute atomic E-state index is 0.183. The van der Waals surface area contributed by atoms with Crippen LogP contribution in [0.5, 0.6) is 5.75 Å². The Labute approximate surface area is 175 Å². The van der Waals surface area contributed by atoms with Crippen molar-refractivity contribution in [2.45, 2.75) is 11.3 Å². The van der Waals surface area contributed by atoms with Gasteiger partial charge < -0.3 is 10.1 Å². The standard InChI is InChI=1S/C22H20ClNO4S/c1-29(26,27)20-10-8-19(9-11-20)24-22(25)15-28-21-12-7-18(23)14-17(21)13-16-5-3-2-4-6-16/h2-12,14H,13,15H2,1H3,(H,24,25). The van der Waals surface area contributed by atoms with Crippen molar-refractivity contribution in [2.24, 2.45) is 0 Å². The highest BCUT2D eigenvalue weighted by Crippen LogP contribution is 2.25. The third-order valence-electron chi connectivity index (χ3n) is 4.18.